The Morgan fingerprint density at radius 1 is 1.12 bits per heavy atom. The maximum absolute atomic E-state index is 11.9. The third-order valence-corrected chi connectivity index (χ3v) is 3.81. The molecule has 1 saturated carbocycles. The van der Waals surface area contributed by atoms with Crippen LogP contribution in [0.4, 0.5) is 4.79 Å². The summed E-state index contributed by atoms with van der Waals surface area (Å²) >= 11 is 0. The zero-order chi connectivity index (χ0) is 12.3. The van der Waals surface area contributed by atoms with Gasteiger partial charge in [0, 0.05) is 19.1 Å². The van der Waals surface area contributed by atoms with Crippen LogP contribution in [0.2, 0.25) is 0 Å². The first-order valence-electron chi connectivity index (χ1n) is 6.51. The van der Waals surface area contributed by atoms with E-state index in [1.165, 1.54) is 19.3 Å². The number of primary amides is 1. The highest BCUT2D eigenvalue weighted by Gasteiger charge is 2.30. The summed E-state index contributed by atoms with van der Waals surface area (Å²) in [5.41, 5.74) is 5.25. The zero-order valence-electron chi connectivity index (χ0n) is 10.2. The lowest BCUT2D eigenvalue weighted by Gasteiger charge is -2.26. The van der Waals surface area contributed by atoms with E-state index in [-0.39, 0.29) is 17.9 Å². The van der Waals surface area contributed by atoms with E-state index in [2.05, 4.69) is 5.32 Å². The Bertz CT molecular complexity index is 300. The topological polar surface area (TPSA) is 75.4 Å². The number of likely N-dealkylation sites (tertiary alicyclic amines) is 1. The number of rotatable bonds is 2. The van der Waals surface area contributed by atoms with Crippen LogP contribution in [-0.4, -0.2) is 36.0 Å². The molecule has 1 aliphatic heterocycles. The van der Waals surface area contributed by atoms with Gasteiger partial charge in [0.1, 0.15) is 0 Å². The van der Waals surface area contributed by atoms with E-state index in [9.17, 15) is 9.59 Å². The van der Waals surface area contributed by atoms with Crippen molar-refractivity contribution in [3.8, 4) is 0 Å². The summed E-state index contributed by atoms with van der Waals surface area (Å²) < 4.78 is 0. The smallest absolute Gasteiger partial charge is 0.317 e. The first kappa shape index (κ1) is 12.2. The van der Waals surface area contributed by atoms with Crippen molar-refractivity contribution in [1.29, 1.82) is 0 Å². The quantitative estimate of drug-likeness (QED) is 0.749. The lowest BCUT2D eigenvalue weighted by atomic mass is 9.96. The highest BCUT2D eigenvalue weighted by Crippen LogP contribution is 2.19. The van der Waals surface area contributed by atoms with Gasteiger partial charge in [0.2, 0.25) is 5.91 Å². The van der Waals surface area contributed by atoms with Gasteiger partial charge in [0.15, 0.2) is 0 Å². The highest BCUT2D eigenvalue weighted by atomic mass is 16.2. The molecule has 3 amide bonds. The van der Waals surface area contributed by atoms with Crippen molar-refractivity contribution in [2.45, 2.75) is 44.6 Å². The summed E-state index contributed by atoms with van der Waals surface area (Å²) in [5.74, 6) is -0.454. The average molecular weight is 239 g/mol. The van der Waals surface area contributed by atoms with Gasteiger partial charge in [-0.3, -0.25) is 4.79 Å². The number of hydrogen-bond acceptors (Lipinski definition) is 2. The molecule has 2 aliphatic rings. The molecule has 0 aromatic heterocycles. The first-order chi connectivity index (χ1) is 8.16. The molecule has 0 aromatic carbocycles. The Balaban J connectivity index is 1.78. The number of urea groups is 1. The summed E-state index contributed by atoms with van der Waals surface area (Å²) in [6, 6.07) is 0.296. The van der Waals surface area contributed by atoms with Gasteiger partial charge in [-0.05, 0) is 19.3 Å². The van der Waals surface area contributed by atoms with Gasteiger partial charge in [-0.2, -0.15) is 0 Å². The molecule has 96 valence electrons. The third kappa shape index (κ3) is 3.11. The SMILES string of the molecule is NC(=O)C1CCN(C(=O)NC2CCCCC2)C1. The minimum absolute atomic E-state index is 0.0272. The van der Waals surface area contributed by atoms with Gasteiger partial charge in [-0.15, -0.1) is 0 Å². The van der Waals surface area contributed by atoms with E-state index < -0.39 is 0 Å². The highest BCUT2D eigenvalue weighted by molar-refractivity contribution is 5.80. The van der Waals surface area contributed by atoms with E-state index in [4.69, 9.17) is 5.73 Å². The van der Waals surface area contributed by atoms with Gasteiger partial charge in [-0.1, -0.05) is 19.3 Å². The Hall–Kier alpha value is -1.26. The van der Waals surface area contributed by atoms with Gasteiger partial charge in [-0.25, -0.2) is 4.79 Å². The Morgan fingerprint density at radius 2 is 1.82 bits per heavy atom. The number of carbonyl (C=O) groups excluding carboxylic acids is 2. The van der Waals surface area contributed by atoms with E-state index in [1.807, 2.05) is 0 Å². The normalized spacial score (nSPS) is 25.9. The second kappa shape index (κ2) is 5.38. The first-order valence-corrected chi connectivity index (χ1v) is 6.51. The second-order valence-corrected chi connectivity index (χ2v) is 5.12. The van der Waals surface area contributed by atoms with Crippen molar-refractivity contribution in [2.24, 2.45) is 11.7 Å². The molecule has 0 spiro atoms. The van der Waals surface area contributed by atoms with E-state index in [0.717, 1.165) is 12.8 Å². The number of nitrogens with two attached hydrogens (primary N) is 1. The molecule has 5 nitrogen and oxygen atoms in total. The molecule has 1 heterocycles. The van der Waals surface area contributed by atoms with Crippen molar-refractivity contribution in [2.75, 3.05) is 13.1 Å². The van der Waals surface area contributed by atoms with E-state index in [1.54, 1.807) is 4.90 Å². The molecule has 1 unspecified atom stereocenters. The van der Waals surface area contributed by atoms with Crippen molar-refractivity contribution >= 4 is 11.9 Å². The molecule has 17 heavy (non-hydrogen) atoms. The fraction of sp³-hybridized carbons (Fsp3) is 0.833. The van der Waals surface area contributed by atoms with Crippen LogP contribution in [0.1, 0.15) is 38.5 Å². The molecule has 2 rings (SSSR count). The molecule has 5 heteroatoms. The predicted octanol–water partition coefficient (Wildman–Crippen LogP) is 0.836. The lowest BCUT2D eigenvalue weighted by Crippen LogP contribution is -2.45. The minimum atomic E-state index is -0.294. The van der Waals surface area contributed by atoms with Crippen LogP contribution in [0, 0.1) is 5.92 Å². The number of amides is 3. The fourth-order valence-corrected chi connectivity index (χ4v) is 2.69. The van der Waals surface area contributed by atoms with Crippen LogP contribution >= 0.6 is 0 Å². The summed E-state index contributed by atoms with van der Waals surface area (Å²) in [4.78, 5) is 24.7. The molecule has 3 N–H and O–H groups in total. The maximum atomic E-state index is 11.9. The maximum Gasteiger partial charge on any atom is 0.317 e. The molecule has 0 aromatic rings. The summed E-state index contributed by atoms with van der Waals surface area (Å²) in [7, 11) is 0. The van der Waals surface area contributed by atoms with Gasteiger partial charge < -0.3 is 16.0 Å². The summed E-state index contributed by atoms with van der Waals surface area (Å²) in [5, 5.41) is 3.06. The van der Waals surface area contributed by atoms with Crippen LogP contribution in [0.25, 0.3) is 0 Å². The van der Waals surface area contributed by atoms with Crippen LogP contribution in [0.5, 0.6) is 0 Å². The van der Waals surface area contributed by atoms with E-state index >= 15 is 0 Å². The number of hydrogen-bond donors (Lipinski definition) is 2. The standard InChI is InChI=1S/C12H21N3O2/c13-11(16)9-6-7-15(8-9)12(17)14-10-4-2-1-3-5-10/h9-10H,1-8H2,(H2,13,16)(H,14,17). The van der Waals surface area contributed by atoms with Crippen LogP contribution in [-0.2, 0) is 4.79 Å². The molecule has 1 atom stereocenters. The Labute approximate surface area is 102 Å². The van der Waals surface area contributed by atoms with Gasteiger partial charge in [0.25, 0.3) is 0 Å². The van der Waals surface area contributed by atoms with Crippen LogP contribution in [0.15, 0.2) is 0 Å². The minimum Gasteiger partial charge on any atom is -0.369 e. The molecular formula is C12H21N3O2. The Morgan fingerprint density at radius 3 is 2.41 bits per heavy atom. The molecular weight excluding hydrogens is 218 g/mol. The summed E-state index contributed by atoms with van der Waals surface area (Å²) in [6.45, 7) is 1.13. The number of nitrogens with zero attached hydrogens (tertiary/aromatic N) is 1. The number of carbonyl (C=O) groups is 2. The molecule has 1 aliphatic carbocycles. The monoisotopic (exact) mass is 239 g/mol. The largest absolute Gasteiger partial charge is 0.369 e. The molecule has 2 fully saturated rings. The van der Waals surface area contributed by atoms with Gasteiger partial charge in [0.05, 0.1) is 5.92 Å². The van der Waals surface area contributed by atoms with Gasteiger partial charge >= 0.3 is 6.03 Å². The third-order valence-electron chi connectivity index (χ3n) is 3.81. The van der Waals surface area contributed by atoms with E-state index in [0.29, 0.717) is 25.6 Å². The predicted molar refractivity (Wildman–Crippen MR) is 64.3 cm³/mol. The fourth-order valence-electron chi connectivity index (χ4n) is 2.69. The average Bonchev–Trinajstić information content (AvgIpc) is 2.79. The van der Waals surface area contributed by atoms with Crippen molar-refractivity contribution in [3.63, 3.8) is 0 Å². The van der Waals surface area contributed by atoms with Crippen LogP contribution < -0.4 is 11.1 Å². The van der Waals surface area contributed by atoms with Crippen molar-refractivity contribution < 1.29 is 9.59 Å². The number of nitrogens with one attached hydrogen (secondary N) is 1. The second-order valence-electron chi connectivity index (χ2n) is 5.12. The molecule has 0 radical (unpaired) electrons. The van der Waals surface area contributed by atoms with Crippen molar-refractivity contribution in [1.82, 2.24) is 10.2 Å². The molecule has 0 bridgehead atoms. The summed E-state index contributed by atoms with van der Waals surface area (Å²) in [6.07, 6.45) is 6.55. The Kier molecular flexibility index (Phi) is 3.86. The molecule has 1 saturated heterocycles. The lowest BCUT2D eigenvalue weighted by molar-refractivity contribution is -0.121. The van der Waals surface area contributed by atoms with Crippen molar-refractivity contribution in [3.05, 3.63) is 0 Å². The zero-order valence-corrected chi connectivity index (χ0v) is 10.2. The van der Waals surface area contributed by atoms with Crippen LogP contribution in [0.3, 0.4) is 0 Å².